The van der Waals surface area contributed by atoms with Gasteiger partial charge in [-0.15, -0.1) is 0 Å². The highest BCUT2D eigenvalue weighted by Gasteiger charge is 2.19. The van der Waals surface area contributed by atoms with Crippen molar-refractivity contribution in [1.29, 1.82) is 0 Å². The molecule has 0 aliphatic carbocycles. The summed E-state index contributed by atoms with van der Waals surface area (Å²) in [6.07, 6.45) is 67.5. The van der Waals surface area contributed by atoms with E-state index in [2.05, 4.69) is 93.7 Å². The van der Waals surface area contributed by atoms with E-state index in [1.54, 1.807) is 0 Å². The van der Waals surface area contributed by atoms with Gasteiger partial charge in [-0.25, -0.2) is 0 Å². The Morgan fingerprint density at radius 1 is 0.323 bits per heavy atom. The smallest absolute Gasteiger partial charge is 0.306 e. The third kappa shape index (κ3) is 51.7. The van der Waals surface area contributed by atoms with Crippen molar-refractivity contribution >= 4 is 17.9 Å². The molecule has 0 aromatic rings. The first kappa shape index (κ1) is 61.9. The van der Waals surface area contributed by atoms with Gasteiger partial charge < -0.3 is 14.2 Å². The fourth-order valence-corrected chi connectivity index (χ4v) is 7.60. The van der Waals surface area contributed by atoms with Gasteiger partial charge in [0.25, 0.3) is 0 Å². The fraction of sp³-hybridized carbons (Fsp3) is 0.746. The summed E-state index contributed by atoms with van der Waals surface area (Å²) in [4.78, 5) is 38.0. The second kappa shape index (κ2) is 53.5. The van der Waals surface area contributed by atoms with Crippen LogP contribution in [0.2, 0.25) is 0 Å². The molecule has 0 aliphatic heterocycles. The van der Waals surface area contributed by atoms with Crippen molar-refractivity contribution in [2.75, 3.05) is 13.2 Å². The molecule has 0 aliphatic rings. The average molecular weight is 907 g/mol. The maximum atomic E-state index is 12.8. The Morgan fingerprint density at radius 2 is 0.615 bits per heavy atom. The lowest BCUT2D eigenvalue weighted by atomic mass is 10.1. The molecule has 1 atom stereocenters. The summed E-state index contributed by atoms with van der Waals surface area (Å²) in [5, 5.41) is 0. The molecule has 0 fully saturated rings. The molecule has 0 aromatic heterocycles. The monoisotopic (exact) mass is 907 g/mol. The van der Waals surface area contributed by atoms with Gasteiger partial charge in [0, 0.05) is 19.3 Å². The van der Waals surface area contributed by atoms with Crippen LogP contribution in [-0.4, -0.2) is 37.2 Å². The third-order valence-corrected chi connectivity index (χ3v) is 11.8. The van der Waals surface area contributed by atoms with Crippen molar-refractivity contribution in [2.45, 2.75) is 271 Å². The highest BCUT2D eigenvalue weighted by molar-refractivity contribution is 5.71. The Hall–Kier alpha value is -3.15. The number of carbonyl (C=O) groups excluding carboxylic acids is 3. The van der Waals surface area contributed by atoms with Crippen LogP contribution in [0.1, 0.15) is 265 Å². The van der Waals surface area contributed by atoms with E-state index in [0.717, 1.165) is 103 Å². The molecule has 0 saturated carbocycles. The number of carbonyl (C=O) groups is 3. The van der Waals surface area contributed by atoms with Crippen molar-refractivity contribution in [3.05, 3.63) is 72.9 Å². The molecule has 0 saturated heterocycles. The molecule has 6 heteroatoms. The van der Waals surface area contributed by atoms with E-state index >= 15 is 0 Å². The van der Waals surface area contributed by atoms with Gasteiger partial charge in [-0.2, -0.15) is 0 Å². The maximum absolute atomic E-state index is 12.8. The normalized spacial score (nSPS) is 12.6. The Balaban J connectivity index is 4.44. The summed E-state index contributed by atoms with van der Waals surface area (Å²) in [6.45, 7) is 6.46. The summed E-state index contributed by atoms with van der Waals surface area (Å²) in [6, 6.07) is 0. The minimum atomic E-state index is -0.801. The molecule has 1 unspecified atom stereocenters. The minimum Gasteiger partial charge on any atom is -0.462 e. The van der Waals surface area contributed by atoms with E-state index in [1.165, 1.54) is 122 Å². The first-order valence-corrected chi connectivity index (χ1v) is 27.5. The van der Waals surface area contributed by atoms with E-state index in [1.807, 2.05) is 0 Å². The van der Waals surface area contributed by atoms with Crippen LogP contribution < -0.4 is 0 Å². The second-order valence-corrected chi connectivity index (χ2v) is 18.2. The number of esters is 3. The minimum absolute atomic E-state index is 0.0970. The summed E-state index contributed by atoms with van der Waals surface area (Å²) in [7, 11) is 0. The van der Waals surface area contributed by atoms with Crippen LogP contribution in [0.3, 0.4) is 0 Å². The van der Waals surface area contributed by atoms with Crippen LogP contribution in [0, 0.1) is 0 Å². The first-order chi connectivity index (χ1) is 32.0. The summed E-state index contributed by atoms with van der Waals surface area (Å²) >= 11 is 0. The Morgan fingerprint density at radius 3 is 1.00 bits per heavy atom. The van der Waals surface area contributed by atoms with Gasteiger partial charge in [-0.3, -0.25) is 14.4 Å². The average Bonchev–Trinajstić information content (AvgIpc) is 3.30. The van der Waals surface area contributed by atoms with Gasteiger partial charge in [-0.05, 0) is 89.9 Å². The van der Waals surface area contributed by atoms with E-state index in [0.29, 0.717) is 19.3 Å². The van der Waals surface area contributed by atoms with E-state index in [9.17, 15) is 14.4 Å². The fourth-order valence-electron chi connectivity index (χ4n) is 7.60. The molecule has 0 N–H and O–H groups in total. The molecule has 0 rings (SSSR count). The zero-order valence-corrected chi connectivity index (χ0v) is 42.7. The number of ether oxygens (including phenoxy) is 3. The SMILES string of the molecule is CC/C=C/C=C/C=C/CCCCCCCC(=O)OCC(COC(=O)CCCCCCC/C=C/CCCCCCCCCCC)OC(=O)CCCCC/C=C/C=C/CCCCCCCCC. The topological polar surface area (TPSA) is 78.9 Å². The van der Waals surface area contributed by atoms with Gasteiger partial charge >= 0.3 is 17.9 Å². The lowest BCUT2D eigenvalue weighted by Crippen LogP contribution is -2.30. The van der Waals surface area contributed by atoms with Gasteiger partial charge in [0.1, 0.15) is 13.2 Å². The second-order valence-electron chi connectivity index (χ2n) is 18.2. The summed E-state index contributed by atoms with van der Waals surface area (Å²) in [5.74, 6) is -0.948. The molecular formula is C59H102O6. The number of allylic oxidation sites excluding steroid dienone is 12. The highest BCUT2D eigenvalue weighted by atomic mass is 16.6. The summed E-state index contributed by atoms with van der Waals surface area (Å²) < 4.78 is 16.8. The van der Waals surface area contributed by atoms with Gasteiger partial charge in [0.2, 0.25) is 0 Å². The van der Waals surface area contributed by atoms with Crippen molar-refractivity contribution in [2.24, 2.45) is 0 Å². The Labute approximate surface area is 402 Å². The van der Waals surface area contributed by atoms with Crippen LogP contribution in [0.25, 0.3) is 0 Å². The molecule has 0 aromatic carbocycles. The van der Waals surface area contributed by atoms with Gasteiger partial charge in [0.05, 0.1) is 0 Å². The molecule has 0 bridgehead atoms. The molecule has 374 valence electrons. The van der Waals surface area contributed by atoms with Gasteiger partial charge in [0.15, 0.2) is 6.10 Å². The molecule has 65 heavy (non-hydrogen) atoms. The number of hydrogen-bond donors (Lipinski definition) is 0. The Bertz CT molecular complexity index is 1230. The predicted molar refractivity (Wildman–Crippen MR) is 279 cm³/mol. The first-order valence-electron chi connectivity index (χ1n) is 27.5. The zero-order valence-electron chi connectivity index (χ0n) is 42.7. The van der Waals surface area contributed by atoms with Gasteiger partial charge in [-0.1, -0.05) is 229 Å². The van der Waals surface area contributed by atoms with Crippen LogP contribution in [-0.2, 0) is 28.6 Å². The zero-order chi connectivity index (χ0) is 47.2. The molecule has 0 radical (unpaired) electrons. The third-order valence-electron chi connectivity index (χ3n) is 11.8. The van der Waals surface area contributed by atoms with Crippen LogP contribution in [0.4, 0.5) is 0 Å². The number of rotatable bonds is 49. The molecule has 0 amide bonds. The largest absolute Gasteiger partial charge is 0.462 e. The van der Waals surface area contributed by atoms with Crippen LogP contribution in [0.15, 0.2) is 72.9 Å². The number of hydrogen-bond acceptors (Lipinski definition) is 6. The lowest BCUT2D eigenvalue weighted by Gasteiger charge is -2.18. The molecule has 0 heterocycles. The Kier molecular flexibility index (Phi) is 50.9. The van der Waals surface area contributed by atoms with Crippen molar-refractivity contribution < 1.29 is 28.6 Å². The van der Waals surface area contributed by atoms with E-state index in [-0.39, 0.29) is 31.1 Å². The van der Waals surface area contributed by atoms with E-state index < -0.39 is 6.10 Å². The predicted octanol–water partition coefficient (Wildman–Crippen LogP) is 18.2. The highest BCUT2D eigenvalue weighted by Crippen LogP contribution is 2.14. The number of unbranched alkanes of at least 4 members (excludes halogenated alkanes) is 29. The van der Waals surface area contributed by atoms with Crippen molar-refractivity contribution in [3.63, 3.8) is 0 Å². The lowest BCUT2D eigenvalue weighted by molar-refractivity contribution is -0.167. The standard InChI is InChI=1S/C59H102O6/c1-4-7-10-13-16-19-22-25-27-29-30-32-34-37-40-43-46-49-52-58(61)64-55-56(54-63-57(60)51-48-45-42-39-36-33-24-21-18-15-12-9-6-3)65-59(62)53-50-47-44-41-38-35-31-28-26-23-20-17-14-11-8-5-2/h9,12,15,18,21,24,28,30-32,35,38,56H,4-8,10-11,13-14,16-17,19-20,22-23,25-27,29,33-34,36-37,39-55H2,1-3H3/b12-9+,18-15+,24-21+,31-28+,32-30+,38-35+. The maximum Gasteiger partial charge on any atom is 0.306 e. The van der Waals surface area contributed by atoms with Crippen molar-refractivity contribution in [3.8, 4) is 0 Å². The van der Waals surface area contributed by atoms with E-state index in [4.69, 9.17) is 14.2 Å². The molecular weight excluding hydrogens is 805 g/mol. The van der Waals surface area contributed by atoms with Crippen LogP contribution in [0.5, 0.6) is 0 Å². The molecule has 0 spiro atoms. The van der Waals surface area contributed by atoms with Crippen LogP contribution >= 0.6 is 0 Å². The molecule has 6 nitrogen and oxygen atoms in total. The quantitative estimate of drug-likeness (QED) is 0.0199. The van der Waals surface area contributed by atoms with Crippen molar-refractivity contribution in [1.82, 2.24) is 0 Å². The summed E-state index contributed by atoms with van der Waals surface area (Å²) in [5.41, 5.74) is 0.